The highest BCUT2D eigenvalue weighted by Crippen LogP contribution is 2.21. The Kier molecular flexibility index (Phi) is 4.63. The van der Waals surface area contributed by atoms with E-state index in [1.807, 2.05) is 0 Å². The van der Waals surface area contributed by atoms with Crippen LogP contribution in [0.3, 0.4) is 0 Å². The fourth-order valence-corrected chi connectivity index (χ4v) is 2.04. The van der Waals surface area contributed by atoms with Gasteiger partial charge in [-0.25, -0.2) is 4.79 Å². The molecule has 5 nitrogen and oxygen atoms in total. The van der Waals surface area contributed by atoms with Crippen LogP contribution in [0.15, 0.2) is 18.2 Å². The van der Waals surface area contributed by atoms with Crippen LogP contribution in [0.5, 0.6) is 5.75 Å². The fourth-order valence-electron chi connectivity index (χ4n) is 2.04. The first-order chi connectivity index (χ1) is 9.20. The number of hydrogen-bond donors (Lipinski definition) is 1. The Morgan fingerprint density at radius 1 is 1.42 bits per heavy atom. The summed E-state index contributed by atoms with van der Waals surface area (Å²) < 4.78 is 15.6. The molecule has 2 N–H and O–H groups in total. The van der Waals surface area contributed by atoms with Gasteiger partial charge < -0.3 is 19.9 Å². The van der Waals surface area contributed by atoms with E-state index in [-0.39, 0.29) is 5.97 Å². The summed E-state index contributed by atoms with van der Waals surface area (Å²) in [5.41, 5.74) is 6.56. The Balaban J connectivity index is 1.92. The lowest BCUT2D eigenvalue weighted by atomic mass is 10.0. The molecular weight excluding hydrogens is 246 g/mol. The summed E-state index contributed by atoms with van der Waals surface area (Å²) in [5.74, 6) is 0.627. The van der Waals surface area contributed by atoms with Crippen LogP contribution in [0.1, 0.15) is 23.2 Å². The van der Waals surface area contributed by atoms with Crippen LogP contribution >= 0.6 is 0 Å². The summed E-state index contributed by atoms with van der Waals surface area (Å²) >= 11 is 0. The summed E-state index contributed by atoms with van der Waals surface area (Å²) in [6, 6.07) is 4.94. The maximum Gasteiger partial charge on any atom is 0.340 e. The second kappa shape index (κ2) is 6.43. The zero-order valence-electron chi connectivity index (χ0n) is 11.1. The van der Waals surface area contributed by atoms with Crippen molar-refractivity contribution >= 4 is 11.7 Å². The molecule has 0 aromatic heterocycles. The first-order valence-corrected chi connectivity index (χ1v) is 6.39. The standard InChI is InChI=1S/C14H19NO4/c1-17-11-2-3-12(13(15)8-11)14(16)19-9-10-4-6-18-7-5-10/h2-3,8,10H,4-7,9,15H2,1H3. The lowest BCUT2D eigenvalue weighted by molar-refractivity contribution is 0.0186. The highest BCUT2D eigenvalue weighted by Gasteiger charge is 2.18. The fraction of sp³-hybridized carbons (Fsp3) is 0.500. The van der Waals surface area contributed by atoms with Crippen LogP contribution in [-0.4, -0.2) is 32.9 Å². The number of rotatable bonds is 4. The number of methoxy groups -OCH3 is 1. The Bertz CT molecular complexity index is 441. The van der Waals surface area contributed by atoms with E-state index < -0.39 is 0 Å². The molecule has 1 aliphatic rings. The van der Waals surface area contributed by atoms with Crippen LogP contribution in [0.25, 0.3) is 0 Å². The molecule has 5 heteroatoms. The molecule has 1 aromatic rings. The molecule has 0 amide bonds. The van der Waals surface area contributed by atoms with E-state index >= 15 is 0 Å². The van der Waals surface area contributed by atoms with Crippen LogP contribution in [0.2, 0.25) is 0 Å². The molecule has 1 fully saturated rings. The molecule has 0 spiro atoms. The van der Waals surface area contributed by atoms with Crippen LogP contribution in [0.4, 0.5) is 5.69 Å². The third-order valence-corrected chi connectivity index (χ3v) is 3.27. The Morgan fingerprint density at radius 2 is 2.16 bits per heavy atom. The molecule has 1 aliphatic heterocycles. The van der Waals surface area contributed by atoms with E-state index in [2.05, 4.69) is 0 Å². The number of nitrogens with two attached hydrogens (primary N) is 1. The minimum Gasteiger partial charge on any atom is -0.497 e. The lowest BCUT2D eigenvalue weighted by Crippen LogP contribution is -2.22. The third-order valence-electron chi connectivity index (χ3n) is 3.27. The first-order valence-electron chi connectivity index (χ1n) is 6.39. The number of carbonyl (C=O) groups excluding carboxylic acids is 1. The topological polar surface area (TPSA) is 70.8 Å². The SMILES string of the molecule is COc1ccc(C(=O)OCC2CCOCC2)c(N)c1. The van der Waals surface area contributed by atoms with Gasteiger partial charge in [0, 0.05) is 25.0 Å². The van der Waals surface area contributed by atoms with Gasteiger partial charge in [-0.05, 0) is 30.9 Å². The Hall–Kier alpha value is -1.75. The number of anilines is 1. The molecule has 0 saturated carbocycles. The molecule has 0 aliphatic carbocycles. The van der Waals surface area contributed by atoms with Gasteiger partial charge in [0.1, 0.15) is 5.75 Å². The second-order valence-electron chi connectivity index (χ2n) is 4.61. The summed E-state index contributed by atoms with van der Waals surface area (Å²) in [6.07, 6.45) is 1.87. The third kappa shape index (κ3) is 3.61. The van der Waals surface area contributed by atoms with Crippen molar-refractivity contribution < 1.29 is 19.0 Å². The number of nitrogen functional groups attached to an aromatic ring is 1. The van der Waals surface area contributed by atoms with Crippen molar-refractivity contribution in [3.05, 3.63) is 23.8 Å². The quantitative estimate of drug-likeness (QED) is 0.664. The van der Waals surface area contributed by atoms with Crippen molar-refractivity contribution in [1.29, 1.82) is 0 Å². The molecule has 1 heterocycles. The number of ether oxygens (including phenoxy) is 3. The van der Waals surface area contributed by atoms with E-state index in [0.29, 0.717) is 29.5 Å². The molecule has 104 valence electrons. The van der Waals surface area contributed by atoms with Crippen LogP contribution in [-0.2, 0) is 9.47 Å². The predicted molar refractivity (Wildman–Crippen MR) is 71.2 cm³/mol. The lowest BCUT2D eigenvalue weighted by Gasteiger charge is -2.21. The molecule has 1 aromatic carbocycles. The van der Waals surface area contributed by atoms with E-state index in [1.165, 1.54) is 0 Å². The van der Waals surface area contributed by atoms with E-state index in [0.717, 1.165) is 26.1 Å². The van der Waals surface area contributed by atoms with Gasteiger partial charge in [-0.1, -0.05) is 0 Å². The largest absolute Gasteiger partial charge is 0.497 e. The Morgan fingerprint density at radius 3 is 2.79 bits per heavy atom. The molecule has 0 atom stereocenters. The Labute approximate surface area is 112 Å². The summed E-state index contributed by atoms with van der Waals surface area (Å²) in [4.78, 5) is 11.9. The second-order valence-corrected chi connectivity index (χ2v) is 4.61. The number of carbonyl (C=O) groups is 1. The molecule has 1 saturated heterocycles. The van der Waals surface area contributed by atoms with Gasteiger partial charge >= 0.3 is 5.97 Å². The van der Waals surface area contributed by atoms with Gasteiger partial charge in [-0.2, -0.15) is 0 Å². The average molecular weight is 265 g/mol. The molecule has 0 radical (unpaired) electrons. The van der Waals surface area contributed by atoms with Gasteiger partial charge in [0.2, 0.25) is 0 Å². The van der Waals surface area contributed by atoms with Crippen molar-refractivity contribution in [1.82, 2.24) is 0 Å². The maximum atomic E-state index is 11.9. The summed E-state index contributed by atoms with van der Waals surface area (Å²) in [7, 11) is 1.55. The highest BCUT2D eigenvalue weighted by molar-refractivity contribution is 5.95. The minimum atomic E-state index is -0.383. The van der Waals surface area contributed by atoms with E-state index in [9.17, 15) is 4.79 Å². The molecule has 2 rings (SSSR count). The zero-order valence-corrected chi connectivity index (χ0v) is 11.1. The average Bonchev–Trinajstić information content (AvgIpc) is 2.45. The van der Waals surface area contributed by atoms with Gasteiger partial charge in [0.05, 0.1) is 19.3 Å². The van der Waals surface area contributed by atoms with Gasteiger partial charge in [0.25, 0.3) is 0 Å². The van der Waals surface area contributed by atoms with Crippen molar-refractivity contribution in [3.8, 4) is 5.75 Å². The molecular formula is C14H19NO4. The van der Waals surface area contributed by atoms with Crippen molar-refractivity contribution in [2.45, 2.75) is 12.8 Å². The normalized spacial score (nSPS) is 16.1. The highest BCUT2D eigenvalue weighted by atomic mass is 16.5. The number of benzene rings is 1. The van der Waals surface area contributed by atoms with Crippen LogP contribution < -0.4 is 10.5 Å². The number of esters is 1. The minimum absolute atomic E-state index is 0.372. The summed E-state index contributed by atoms with van der Waals surface area (Å²) in [6.45, 7) is 1.91. The van der Waals surface area contributed by atoms with Gasteiger partial charge in [-0.15, -0.1) is 0 Å². The maximum absolute atomic E-state index is 11.9. The monoisotopic (exact) mass is 265 g/mol. The summed E-state index contributed by atoms with van der Waals surface area (Å²) in [5, 5.41) is 0. The van der Waals surface area contributed by atoms with Crippen molar-refractivity contribution in [2.24, 2.45) is 5.92 Å². The zero-order chi connectivity index (χ0) is 13.7. The molecule has 0 bridgehead atoms. The van der Waals surface area contributed by atoms with E-state index in [4.69, 9.17) is 19.9 Å². The van der Waals surface area contributed by atoms with Crippen LogP contribution in [0, 0.1) is 5.92 Å². The first kappa shape index (κ1) is 13.7. The molecule has 19 heavy (non-hydrogen) atoms. The van der Waals surface area contributed by atoms with Crippen molar-refractivity contribution in [3.63, 3.8) is 0 Å². The van der Waals surface area contributed by atoms with E-state index in [1.54, 1.807) is 25.3 Å². The number of hydrogen-bond acceptors (Lipinski definition) is 5. The van der Waals surface area contributed by atoms with Gasteiger partial charge in [0.15, 0.2) is 0 Å². The van der Waals surface area contributed by atoms with Crippen molar-refractivity contribution in [2.75, 3.05) is 32.7 Å². The molecule has 0 unspecified atom stereocenters. The smallest absolute Gasteiger partial charge is 0.340 e. The van der Waals surface area contributed by atoms with Gasteiger partial charge in [-0.3, -0.25) is 0 Å². The predicted octanol–water partition coefficient (Wildman–Crippen LogP) is 1.86.